The van der Waals surface area contributed by atoms with E-state index >= 15 is 0 Å². The van der Waals surface area contributed by atoms with Gasteiger partial charge in [-0.15, -0.1) is 0 Å². The van der Waals surface area contributed by atoms with Crippen LogP contribution in [0.3, 0.4) is 0 Å². The zero-order valence-corrected chi connectivity index (χ0v) is 18.3. The van der Waals surface area contributed by atoms with Crippen LogP contribution >= 0.6 is 0 Å². The Labute approximate surface area is 174 Å². The first kappa shape index (κ1) is 22.1. The Morgan fingerprint density at radius 2 is 1.86 bits per heavy atom. The van der Waals surface area contributed by atoms with Crippen LogP contribution in [0.4, 0.5) is 0 Å². The predicted molar refractivity (Wildman–Crippen MR) is 112 cm³/mol. The van der Waals surface area contributed by atoms with E-state index in [4.69, 9.17) is 4.74 Å². The van der Waals surface area contributed by atoms with E-state index in [-0.39, 0.29) is 23.3 Å². The van der Waals surface area contributed by atoms with Gasteiger partial charge in [-0.2, -0.15) is 4.31 Å². The van der Waals surface area contributed by atoms with Crippen molar-refractivity contribution < 1.29 is 17.9 Å². The van der Waals surface area contributed by atoms with Gasteiger partial charge in [0.05, 0.1) is 17.9 Å². The Bertz CT molecular complexity index is 776. The lowest BCUT2D eigenvalue weighted by molar-refractivity contribution is -0.126. The van der Waals surface area contributed by atoms with Crippen LogP contribution in [0.1, 0.15) is 39.0 Å². The molecule has 1 N–H and O–H groups in total. The van der Waals surface area contributed by atoms with Crippen molar-refractivity contribution in [2.75, 3.05) is 39.8 Å². The first-order valence-electron chi connectivity index (χ1n) is 10.6. The Morgan fingerprint density at radius 1 is 1.17 bits per heavy atom. The van der Waals surface area contributed by atoms with Crippen molar-refractivity contribution in [1.82, 2.24) is 14.5 Å². The molecule has 0 saturated carbocycles. The quantitative estimate of drug-likeness (QED) is 0.693. The number of likely N-dealkylation sites (tertiary alicyclic amines) is 1. The van der Waals surface area contributed by atoms with Gasteiger partial charge in [-0.25, -0.2) is 8.42 Å². The number of carbonyl (C=O) groups excluding carboxylic acids is 1. The number of hydrogen-bond acceptors (Lipinski definition) is 5. The number of methoxy groups -OCH3 is 1. The summed E-state index contributed by atoms with van der Waals surface area (Å²) in [5.41, 5.74) is 0. The Hall–Kier alpha value is -1.64. The molecule has 2 saturated heterocycles. The van der Waals surface area contributed by atoms with Crippen LogP contribution in [-0.2, 0) is 14.8 Å². The summed E-state index contributed by atoms with van der Waals surface area (Å²) in [5.74, 6) is 0.287. The second kappa shape index (κ2) is 9.91. The number of benzene rings is 1. The highest BCUT2D eigenvalue weighted by atomic mass is 32.2. The van der Waals surface area contributed by atoms with Crippen LogP contribution < -0.4 is 10.1 Å². The molecule has 3 rings (SSSR count). The lowest BCUT2D eigenvalue weighted by atomic mass is 9.99. The van der Waals surface area contributed by atoms with Crippen molar-refractivity contribution >= 4 is 15.9 Å². The highest BCUT2D eigenvalue weighted by molar-refractivity contribution is 7.89. The summed E-state index contributed by atoms with van der Waals surface area (Å²) in [6.07, 6.45) is 4.86. The minimum absolute atomic E-state index is 0.0340. The molecule has 2 aliphatic rings. The molecule has 2 heterocycles. The fraction of sp³-hybridized carbons (Fsp3) is 0.667. The summed E-state index contributed by atoms with van der Waals surface area (Å²) in [6, 6.07) is 6.86. The summed E-state index contributed by atoms with van der Waals surface area (Å²) >= 11 is 0. The van der Waals surface area contributed by atoms with Gasteiger partial charge in [-0.3, -0.25) is 4.79 Å². The summed E-state index contributed by atoms with van der Waals surface area (Å²) in [7, 11) is -2.06. The Balaban J connectivity index is 1.52. The maximum atomic E-state index is 13.0. The van der Waals surface area contributed by atoms with E-state index in [1.165, 1.54) is 17.1 Å². The highest BCUT2D eigenvalue weighted by Crippen LogP contribution is 2.25. The SMILES string of the molecule is COc1ccc(S(=O)(=O)N2CCCC(C(=O)NCCC(C)N3CCCC3)C2)cc1. The van der Waals surface area contributed by atoms with Crippen molar-refractivity contribution in [3.8, 4) is 5.75 Å². The molecule has 1 aromatic carbocycles. The molecule has 0 aliphatic carbocycles. The van der Waals surface area contributed by atoms with Crippen LogP contribution in [0.15, 0.2) is 29.2 Å². The fourth-order valence-corrected chi connectivity index (χ4v) is 5.71. The van der Waals surface area contributed by atoms with Gasteiger partial charge in [-0.05, 0) is 76.4 Å². The molecule has 2 aliphatic heterocycles. The van der Waals surface area contributed by atoms with Crippen LogP contribution in [-0.4, -0.2) is 69.4 Å². The van der Waals surface area contributed by atoms with E-state index in [0.717, 1.165) is 25.9 Å². The van der Waals surface area contributed by atoms with Crippen LogP contribution in [0.25, 0.3) is 0 Å². The largest absolute Gasteiger partial charge is 0.497 e. The maximum Gasteiger partial charge on any atom is 0.243 e. The molecule has 2 unspecified atom stereocenters. The topological polar surface area (TPSA) is 79.0 Å². The molecule has 0 spiro atoms. The number of nitrogens with one attached hydrogen (secondary N) is 1. The van der Waals surface area contributed by atoms with E-state index in [1.54, 1.807) is 31.4 Å². The summed E-state index contributed by atoms with van der Waals surface area (Å²) in [5, 5.41) is 3.03. The molecule has 1 amide bonds. The first-order valence-corrected chi connectivity index (χ1v) is 12.0. The smallest absolute Gasteiger partial charge is 0.243 e. The zero-order chi connectivity index (χ0) is 20.9. The fourth-order valence-electron chi connectivity index (χ4n) is 4.19. The minimum atomic E-state index is -3.61. The first-order chi connectivity index (χ1) is 13.9. The van der Waals surface area contributed by atoms with Crippen molar-refractivity contribution in [1.29, 1.82) is 0 Å². The standard InChI is InChI=1S/C21H33N3O4S/c1-17(23-13-3-4-14-23)11-12-22-21(25)18-6-5-15-24(16-18)29(26,27)20-9-7-19(28-2)8-10-20/h7-10,17-18H,3-6,11-16H2,1-2H3,(H,22,25). The average Bonchev–Trinajstić information content (AvgIpc) is 3.29. The van der Waals surface area contributed by atoms with Gasteiger partial charge < -0.3 is 15.0 Å². The van der Waals surface area contributed by atoms with Crippen LogP contribution in [0.5, 0.6) is 5.75 Å². The summed E-state index contributed by atoms with van der Waals surface area (Å²) in [4.78, 5) is 15.3. The van der Waals surface area contributed by atoms with Gasteiger partial charge in [-0.1, -0.05) is 0 Å². The summed E-state index contributed by atoms with van der Waals surface area (Å²) in [6.45, 7) is 5.83. The maximum absolute atomic E-state index is 13.0. The number of rotatable bonds is 8. The zero-order valence-electron chi connectivity index (χ0n) is 17.5. The minimum Gasteiger partial charge on any atom is -0.497 e. The molecule has 7 nitrogen and oxygen atoms in total. The molecule has 29 heavy (non-hydrogen) atoms. The number of amides is 1. The Kier molecular flexibility index (Phi) is 7.54. The number of nitrogens with zero attached hydrogens (tertiary/aromatic N) is 2. The van der Waals surface area contributed by atoms with E-state index in [9.17, 15) is 13.2 Å². The van der Waals surface area contributed by atoms with Gasteiger partial charge >= 0.3 is 0 Å². The van der Waals surface area contributed by atoms with Crippen molar-refractivity contribution in [3.63, 3.8) is 0 Å². The Morgan fingerprint density at radius 3 is 2.52 bits per heavy atom. The second-order valence-corrected chi connectivity index (χ2v) is 9.99. The van der Waals surface area contributed by atoms with Crippen molar-refractivity contribution in [3.05, 3.63) is 24.3 Å². The van der Waals surface area contributed by atoms with Crippen molar-refractivity contribution in [2.45, 2.75) is 50.0 Å². The van der Waals surface area contributed by atoms with E-state index in [0.29, 0.717) is 31.3 Å². The van der Waals surface area contributed by atoms with Gasteiger partial charge in [0.15, 0.2) is 0 Å². The third-order valence-electron chi connectivity index (χ3n) is 6.08. The van der Waals surface area contributed by atoms with E-state index < -0.39 is 10.0 Å². The molecular weight excluding hydrogens is 390 g/mol. The predicted octanol–water partition coefficient (Wildman–Crippen LogP) is 2.09. The number of hydrogen-bond donors (Lipinski definition) is 1. The molecule has 2 fully saturated rings. The summed E-state index contributed by atoms with van der Waals surface area (Å²) < 4.78 is 32.4. The third kappa shape index (κ3) is 5.49. The van der Waals surface area contributed by atoms with Gasteiger partial charge in [0.25, 0.3) is 0 Å². The van der Waals surface area contributed by atoms with Gasteiger partial charge in [0, 0.05) is 25.7 Å². The number of carbonyl (C=O) groups is 1. The monoisotopic (exact) mass is 423 g/mol. The lowest BCUT2D eigenvalue weighted by Crippen LogP contribution is -2.46. The molecule has 0 aromatic heterocycles. The normalized spacial score (nSPS) is 22.3. The number of piperidine rings is 1. The van der Waals surface area contributed by atoms with E-state index in [2.05, 4.69) is 17.1 Å². The molecular formula is C21H33N3O4S. The lowest BCUT2D eigenvalue weighted by Gasteiger charge is -2.31. The van der Waals surface area contributed by atoms with Crippen LogP contribution in [0, 0.1) is 5.92 Å². The molecule has 1 aromatic rings. The third-order valence-corrected chi connectivity index (χ3v) is 7.96. The molecule has 0 bridgehead atoms. The average molecular weight is 424 g/mol. The molecule has 162 valence electrons. The van der Waals surface area contributed by atoms with Gasteiger partial charge in [0.2, 0.25) is 15.9 Å². The second-order valence-electron chi connectivity index (χ2n) is 8.05. The molecule has 0 radical (unpaired) electrons. The van der Waals surface area contributed by atoms with Crippen molar-refractivity contribution in [2.24, 2.45) is 5.92 Å². The number of sulfonamides is 1. The van der Waals surface area contributed by atoms with E-state index in [1.807, 2.05) is 0 Å². The van der Waals surface area contributed by atoms with Gasteiger partial charge in [0.1, 0.15) is 5.75 Å². The van der Waals surface area contributed by atoms with Crippen LogP contribution in [0.2, 0.25) is 0 Å². The molecule has 2 atom stereocenters. The molecule has 8 heteroatoms. The number of ether oxygens (including phenoxy) is 1. The highest BCUT2D eigenvalue weighted by Gasteiger charge is 2.33.